The van der Waals surface area contributed by atoms with Crippen molar-refractivity contribution in [2.45, 2.75) is 0 Å². The van der Waals surface area contributed by atoms with Gasteiger partial charge >= 0.3 is 0 Å². The second kappa shape index (κ2) is 7.66. The van der Waals surface area contributed by atoms with Crippen LogP contribution >= 0.6 is 15.9 Å². The predicted molar refractivity (Wildman–Crippen MR) is 90.8 cm³/mol. The zero-order chi connectivity index (χ0) is 15.9. The predicted octanol–water partition coefficient (Wildman–Crippen LogP) is 4.27. The van der Waals surface area contributed by atoms with Crippen molar-refractivity contribution in [1.82, 2.24) is 0 Å². The lowest BCUT2D eigenvalue weighted by atomic mass is 10.2. The Morgan fingerprint density at radius 1 is 1.32 bits per heavy atom. The molecular formula is C17H16BrNO3. The van der Waals surface area contributed by atoms with E-state index < -0.39 is 0 Å². The van der Waals surface area contributed by atoms with Crippen LogP contribution in [0.1, 0.15) is 10.4 Å². The van der Waals surface area contributed by atoms with Crippen molar-refractivity contribution >= 4 is 27.5 Å². The van der Waals surface area contributed by atoms with E-state index in [4.69, 9.17) is 9.47 Å². The monoisotopic (exact) mass is 361 g/mol. The first-order valence-electron chi connectivity index (χ1n) is 6.62. The Bertz CT molecular complexity index is 685. The maximum atomic E-state index is 12.3. The average molecular weight is 362 g/mol. The summed E-state index contributed by atoms with van der Waals surface area (Å²) in [5.74, 6) is 1.15. The van der Waals surface area contributed by atoms with E-state index in [9.17, 15) is 4.79 Å². The standard InChI is InChI=1S/C17H16BrNO3/c1-3-9-22-16-8-7-12(10-15(16)18)17(20)19-13-5-4-6-14(11-13)21-2/h3-8,10-11H,1,9H2,2H3,(H,19,20). The molecule has 0 fully saturated rings. The molecule has 0 aromatic heterocycles. The van der Waals surface area contributed by atoms with Crippen LogP contribution in [0.15, 0.2) is 59.6 Å². The van der Waals surface area contributed by atoms with Crippen LogP contribution in [-0.2, 0) is 0 Å². The van der Waals surface area contributed by atoms with Crippen LogP contribution in [0.25, 0.3) is 0 Å². The second-order valence-corrected chi connectivity index (χ2v) is 5.29. The first-order chi connectivity index (χ1) is 10.6. The molecule has 0 aliphatic carbocycles. The van der Waals surface area contributed by atoms with Crippen LogP contribution < -0.4 is 14.8 Å². The fraction of sp³-hybridized carbons (Fsp3) is 0.118. The molecule has 2 aromatic carbocycles. The third-order valence-electron chi connectivity index (χ3n) is 2.88. The number of hydrogen-bond donors (Lipinski definition) is 1. The highest BCUT2D eigenvalue weighted by atomic mass is 79.9. The normalized spacial score (nSPS) is 9.91. The maximum Gasteiger partial charge on any atom is 0.255 e. The molecule has 0 aliphatic heterocycles. The third kappa shape index (κ3) is 4.11. The molecule has 4 nitrogen and oxygen atoms in total. The molecule has 0 unspecified atom stereocenters. The average Bonchev–Trinajstić information content (AvgIpc) is 2.53. The summed E-state index contributed by atoms with van der Waals surface area (Å²) in [4.78, 5) is 12.3. The number of anilines is 1. The summed E-state index contributed by atoms with van der Waals surface area (Å²) in [6.45, 7) is 4.01. The van der Waals surface area contributed by atoms with Gasteiger partial charge in [-0.2, -0.15) is 0 Å². The number of halogens is 1. The van der Waals surface area contributed by atoms with E-state index in [2.05, 4.69) is 27.8 Å². The molecule has 2 rings (SSSR count). The summed E-state index contributed by atoms with van der Waals surface area (Å²) in [5.41, 5.74) is 1.20. The highest BCUT2D eigenvalue weighted by molar-refractivity contribution is 9.10. The van der Waals surface area contributed by atoms with E-state index in [1.54, 1.807) is 43.5 Å². The van der Waals surface area contributed by atoms with Crippen LogP contribution in [0.2, 0.25) is 0 Å². The van der Waals surface area contributed by atoms with E-state index in [1.807, 2.05) is 12.1 Å². The van der Waals surface area contributed by atoms with Gasteiger partial charge in [-0.05, 0) is 46.3 Å². The van der Waals surface area contributed by atoms with Crippen LogP contribution in [-0.4, -0.2) is 19.6 Å². The maximum absolute atomic E-state index is 12.3. The topological polar surface area (TPSA) is 47.6 Å². The van der Waals surface area contributed by atoms with Crippen molar-refractivity contribution in [2.24, 2.45) is 0 Å². The van der Waals surface area contributed by atoms with E-state index in [-0.39, 0.29) is 5.91 Å². The van der Waals surface area contributed by atoms with E-state index >= 15 is 0 Å². The van der Waals surface area contributed by atoms with Crippen LogP contribution in [0, 0.1) is 0 Å². The Balaban J connectivity index is 2.12. The molecule has 0 bridgehead atoms. The number of amides is 1. The summed E-state index contributed by atoms with van der Waals surface area (Å²) in [5, 5.41) is 2.83. The van der Waals surface area contributed by atoms with Gasteiger partial charge in [-0.3, -0.25) is 4.79 Å². The minimum Gasteiger partial charge on any atom is -0.497 e. The lowest BCUT2D eigenvalue weighted by Gasteiger charge is -2.09. The summed E-state index contributed by atoms with van der Waals surface area (Å²) in [6, 6.07) is 12.4. The fourth-order valence-electron chi connectivity index (χ4n) is 1.81. The minimum atomic E-state index is -0.204. The Hall–Kier alpha value is -2.27. The number of hydrogen-bond acceptors (Lipinski definition) is 3. The van der Waals surface area contributed by atoms with Crippen molar-refractivity contribution < 1.29 is 14.3 Å². The Labute approximate surface area is 137 Å². The minimum absolute atomic E-state index is 0.204. The van der Waals surface area contributed by atoms with Gasteiger partial charge in [0, 0.05) is 17.3 Å². The first-order valence-corrected chi connectivity index (χ1v) is 7.42. The molecule has 2 aromatic rings. The smallest absolute Gasteiger partial charge is 0.255 e. The third-order valence-corrected chi connectivity index (χ3v) is 3.50. The fourth-order valence-corrected chi connectivity index (χ4v) is 2.31. The van der Waals surface area contributed by atoms with Gasteiger partial charge in [-0.25, -0.2) is 0 Å². The molecule has 22 heavy (non-hydrogen) atoms. The molecule has 114 valence electrons. The summed E-state index contributed by atoms with van der Waals surface area (Å²) in [7, 11) is 1.58. The van der Waals surface area contributed by atoms with E-state index in [1.165, 1.54) is 0 Å². The molecule has 0 aliphatic rings. The lowest BCUT2D eigenvalue weighted by molar-refractivity contribution is 0.102. The largest absolute Gasteiger partial charge is 0.497 e. The van der Waals surface area contributed by atoms with E-state index in [0.29, 0.717) is 33.8 Å². The van der Waals surface area contributed by atoms with Gasteiger partial charge in [0.25, 0.3) is 5.91 Å². The number of ether oxygens (including phenoxy) is 2. The van der Waals surface area contributed by atoms with Crippen molar-refractivity contribution in [1.29, 1.82) is 0 Å². The SMILES string of the molecule is C=CCOc1ccc(C(=O)Nc2cccc(OC)c2)cc1Br. The van der Waals surface area contributed by atoms with Crippen LogP contribution in [0.5, 0.6) is 11.5 Å². The molecule has 0 atom stereocenters. The Morgan fingerprint density at radius 2 is 2.14 bits per heavy atom. The summed E-state index contributed by atoms with van der Waals surface area (Å²) in [6.07, 6.45) is 1.66. The van der Waals surface area contributed by atoms with Crippen molar-refractivity contribution in [3.05, 3.63) is 65.2 Å². The summed E-state index contributed by atoms with van der Waals surface area (Å²) < 4.78 is 11.3. The van der Waals surface area contributed by atoms with Gasteiger partial charge in [-0.15, -0.1) is 0 Å². The molecule has 0 saturated heterocycles. The van der Waals surface area contributed by atoms with Crippen molar-refractivity contribution in [2.75, 3.05) is 19.0 Å². The van der Waals surface area contributed by atoms with Crippen LogP contribution in [0.4, 0.5) is 5.69 Å². The Morgan fingerprint density at radius 3 is 2.82 bits per heavy atom. The lowest BCUT2D eigenvalue weighted by Crippen LogP contribution is -2.12. The molecule has 1 amide bonds. The molecule has 0 spiro atoms. The summed E-state index contributed by atoms with van der Waals surface area (Å²) >= 11 is 3.39. The van der Waals surface area contributed by atoms with Crippen LogP contribution in [0.3, 0.4) is 0 Å². The molecular weight excluding hydrogens is 346 g/mol. The van der Waals surface area contributed by atoms with Gasteiger partial charge in [0.05, 0.1) is 11.6 Å². The highest BCUT2D eigenvalue weighted by Gasteiger charge is 2.10. The van der Waals surface area contributed by atoms with Crippen molar-refractivity contribution in [3.8, 4) is 11.5 Å². The molecule has 0 radical (unpaired) electrons. The van der Waals surface area contributed by atoms with Gasteiger partial charge in [-0.1, -0.05) is 18.7 Å². The number of methoxy groups -OCH3 is 1. The zero-order valence-electron chi connectivity index (χ0n) is 12.1. The number of carbonyl (C=O) groups excluding carboxylic acids is 1. The van der Waals surface area contributed by atoms with Crippen molar-refractivity contribution in [3.63, 3.8) is 0 Å². The number of nitrogens with one attached hydrogen (secondary N) is 1. The number of rotatable bonds is 6. The van der Waals surface area contributed by atoms with Gasteiger partial charge in [0.2, 0.25) is 0 Å². The van der Waals surface area contributed by atoms with Gasteiger partial charge in [0.15, 0.2) is 0 Å². The van der Waals surface area contributed by atoms with Gasteiger partial charge < -0.3 is 14.8 Å². The number of carbonyl (C=O) groups is 1. The number of benzene rings is 2. The molecule has 0 heterocycles. The van der Waals surface area contributed by atoms with E-state index in [0.717, 1.165) is 0 Å². The first kappa shape index (κ1) is 16.1. The molecule has 5 heteroatoms. The second-order valence-electron chi connectivity index (χ2n) is 4.43. The quantitative estimate of drug-likeness (QED) is 0.781. The zero-order valence-corrected chi connectivity index (χ0v) is 13.7. The highest BCUT2D eigenvalue weighted by Crippen LogP contribution is 2.26. The van der Waals surface area contributed by atoms with Gasteiger partial charge in [0.1, 0.15) is 18.1 Å². The molecule has 1 N–H and O–H groups in total. The Kier molecular flexibility index (Phi) is 5.61. The molecule has 0 saturated carbocycles.